The molecule has 2 N–H and O–H groups in total. The quantitative estimate of drug-likeness (QED) is 0.830. The maximum absolute atomic E-state index is 12.6. The molecule has 2 heterocycles. The Bertz CT molecular complexity index is 846. The highest BCUT2D eigenvalue weighted by Gasteiger charge is 2.32. The van der Waals surface area contributed by atoms with Gasteiger partial charge in [-0.15, -0.1) is 11.8 Å². The van der Waals surface area contributed by atoms with Crippen LogP contribution in [-0.2, 0) is 4.79 Å². The average Bonchev–Trinajstić information content (AvgIpc) is 2.74. The van der Waals surface area contributed by atoms with Crippen LogP contribution in [0.1, 0.15) is 42.7 Å². The van der Waals surface area contributed by atoms with Crippen molar-refractivity contribution in [3.63, 3.8) is 0 Å². The minimum atomic E-state index is -0.335. The van der Waals surface area contributed by atoms with E-state index in [4.69, 9.17) is 23.2 Å². The number of carbonyl (C=O) groups is 1. The zero-order valence-corrected chi connectivity index (χ0v) is 15.6. The van der Waals surface area contributed by atoms with Crippen molar-refractivity contribution in [2.24, 2.45) is 0 Å². The van der Waals surface area contributed by atoms with Crippen LogP contribution in [0, 0.1) is 0 Å². The number of thioether (sulfide) groups is 1. The summed E-state index contributed by atoms with van der Waals surface area (Å²) in [5.74, 6) is 0.642. The van der Waals surface area contributed by atoms with Gasteiger partial charge in [-0.25, -0.2) is 0 Å². The number of rotatable bonds is 3. The van der Waals surface area contributed by atoms with Crippen LogP contribution in [-0.4, -0.2) is 21.4 Å². The molecule has 24 heavy (non-hydrogen) atoms. The molecule has 0 saturated heterocycles. The molecule has 1 amide bonds. The first kappa shape index (κ1) is 17.5. The average molecular weight is 386 g/mol. The minimum absolute atomic E-state index is 0.0613. The van der Waals surface area contributed by atoms with E-state index in [1.54, 1.807) is 16.8 Å². The number of halogens is 2. The third-order valence-electron chi connectivity index (χ3n) is 4.14. The first-order valence-corrected chi connectivity index (χ1v) is 9.43. The standard InChI is InChI=1S/C16H17Cl2N3O2S/c1-3-8(2)21-15-13(16(23)20-21)14(24-7-12(22)19-15)10-5-4-9(17)6-11(10)18/h4-6,8,14H,3,7H2,1-2H3,(H,19,22)(H,20,23)/t8-,14+/m0/s1. The highest BCUT2D eigenvalue weighted by atomic mass is 35.5. The number of hydrogen-bond acceptors (Lipinski definition) is 3. The summed E-state index contributed by atoms with van der Waals surface area (Å²) in [5.41, 5.74) is 1.09. The number of benzene rings is 1. The van der Waals surface area contributed by atoms with Gasteiger partial charge < -0.3 is 5.32 Å². The Morgan fingerprint density at radius 1 is 1.38 bits per heavy atom. The van der Waals surface area contributed by atoms with Gasteiger partial charge in [0.2, 0.25) is 5.91 Å². The smallest absolute Gasteiger partial charge is 0.270 e. The minimum Gasteiger partial charge on any atom is -0.310 e. The SMILES string of the molecule is CC[C@H](C)n1[nH]c(=O)c2c1NC(=O)CS[C@@H]2c1ccc(Cl)cc1Cl. The van der Waals surface area contributed by atoms with E-state index >= 15 is 0 Å². The Kier molecular flexibility index (Phi) is 4.99. The third-order valence-corrected chi connectivity index (χ3v) is 5.95. The van der Waals surface area contributed by atoms with E-state index in [9.17, 15) is 9.59 Å². The van der Waals surface area contributed by atoms with Gasteiger partial charge in [0.1, 0.15) is 5.82 Å². The van der Waals surface area contributed by atoms with Crippen molar-refractivity contribution in [1.82, 2.24) is 9.78 Å². The van der Waals surface area contributed by atoms with Gasteiger partial charge >= 0.3 is 0 Å². The summed E-state index contributed by atoms with van der Waals surface area (Å²) in [4.78, 5) is 24.7. The predicted octanol–water partition coefficient (Wildman–Crippen LogP) is 4.23. The number of hydrogen-bond donors (Lipinski definition) is 2. The van der Waals surface area contributed by atoms with Crippen molar-refractivity contribution in [2.45, 2.75) is 31.6 Å². The topological polar surface area (TPSA) is 66.9 Å². The molecule has 3 rings (SSSR count). The van der Waals surface area contributed by atoms with Crippen LogP contribution in [0.4, 0.5) is 5.82 Å². The maximum Gasteiger partial charge on any atom is 0.270 e. The van der Waals surface area contributed by atoms with E-state index in [0.717, 1.165) is 12.0 Å². The molecular weight excluding hydrogens is 369 g/mol. The molecule has 1 aliphatic heterocycles. The molecule has 2 aromatic rings. The van der Waals surface area contributed by atoms with E-state index in [1.807, 2.05) is 19.9 Å². The van der Waals surface area contributed by atoms with Gasteiger partial charge in [-0.2, -0.15) is 0 Å². The normalized spacial score (nSPS) is 18.7. The number of fused-ring (bicyclic) bond motifs is 1. The van der Waals surface area contributed by atoms with Crippen LogP contribution in [0.2, 0.25) is 10.0 Å². The molecule has 1 aromatic heterocycles. The number of aromatic amines is 1. The molecule has 1 aromatic carbocycles. The van der Waals surface area contributed by atoms with E-state index in [2.05, 4.69) is 10.4 Å². The highest BCUT2D eigenvalue weighted by molar-refractivity contribution is 8.00. The Morgan fingerprint density at radius 3 is 2.79 bits per heavy atom. The molecule has 0 unspecified atom stereocenters. The first-order valence-electron chi connectivity index (χ1n) is 7.63. The van der Waals surface area contributed by atoms with E-state index < -0.39 is 0 Å². The van der Waals surface area contributed by atoms with Crippen molar-refractivity contribution in [2.75, 3.05) is 11.1 Å². The lowest BCUT2D eigenvalue weighted by Gasteiger charge is -2.17. The lowest BCUT2D eigenvalue weighted by molar-refractivity contribution is -0.113. The van der Waals surface area contributed by atoms with Crippen molar-refractivity contribution in [3.8, 4) is 0 Å². The number of H-pyrrole nitrogens is 1. The molecule has 128 valence electrons. The third kappa shape index (κ3) is 3.10. The predicted molar refractivity (Wildman–Crippen MR) is 99.4 cm³/mol. The molecule has 8 heteroatoms. The second-order valence-electron chi connectivity index (χ2n) is 5.74. The van der Waals surface area contributed by atoms with Crippen molar-refractivity contribution in [3.05, 3.63) is 49.7 Å². The molecule has 0 bridgehead atoms. The molecule has 1 aliphatic rings. The number of carbonyl (C=O) groups excluding carboxylic acids is 1. The van der Waals surface area contributed by atoms with Gasteiger partial charge in [0, 0.05) is 16.1 Å². The highest BCUT2D eigenvalue weighted by Crippen LogP contribution is 2.43. The summed E-state index contributed by atoms with van der Waals surface area (Å²) in [5, 5.41) is 6.39. The largest absolute Gasteiger partial charge is 0.310 e. The zero-order chi connectivity index (χ0) is 17.4. The Morgan fingerprint density at radius 2 is 2.12 bits per heavy atom. The van der Waals surface area contributed by atoms with E-state index in [-0.39, 0.29) is 28.5 Å². The van der Waals surface area contributed by atoms with Crippen LogP contribution in [0.3, 0.4) is 0 Å². The number of amides is 1. The van der Waals surface area contributed by atoms with Gasteiger partial charge in [-0.05, 0) is 31.0 Å². The fourth-order valence-electron chi connectivity index (χ4n) is 2.72. The van der Waals surface area contributed by atoms with Crippen molar-refractivity contribution < 1.29 is 4.79 Å². The number of anilines is 1. The Hall–Kier alpha value is -1.37. The van der Waals surface area contributed by atoms with E-state index in [1.165, 1.54) is 11.8 Å². The molecule has 5 nitrogen and oxygen atoms in total. The van der Waals surface area contributed by atoms with Crippen LogP contribution >= 0.6 is 35.0 Å². The van der Waals surface area contributed by atoms with Crippen LogP contribution in [0.15, 0.2) is 23.0 Å². The fraction of sp³-hybridized carbons (Fsp3) is 0.375. The Labute approximate surface area is 153 Å². The van der Waals surface area contributed by atoms with Crippen LogP contribution < -0.4 is 10.9 Å². The second kappa shape index (κ2) is 6.86. The summed E-state index contributed by atoms with van der Waals surface area (Å²) in [6.45, 7) is 4.01. The zero-order valence-electron chi connectivity index (χ0n) is 13.2. The summed E-state index contributed by atoms with van der Waals surface area (Å²) >= 11 is 13.7. The van der Waals surface area contributed by atoms with Crippen LogP contribution in [0.25, 0.3) is 0 Å². The van der Waals surface area contributed by atoms with Crippen molar-refractivity contribution in [1.29, 1.82) is 0 Å². The molecule has 0 radical (unpaired) electrons. The summed E-state index contributed by atoms with van der Waals surface area (Å²) < 4.78 is 1.73. The lowest BCUT2D eigenvalue weighted by Crippen LogP contribution is -2.18. The van der Waals surface area contributed by atoms with Gasteiger partial charge in [0.25, 0.3) is 5.56 Å². The fourth-order valence-corrected chi connectivity index (χ4v) is 4.46. The maximum atomic E-state index is 12.6. The van der Waals surface area contributed by atoms with Gasteiger partial charge in [-0.1, -0.05) is 36.2 Å². The summed E-state index contributed by atoms with van der Waals surface area (Å²) in [6.07, 6.45) is 0.826. The summed E-state index contributed by atoms with van der Waals surface area (Å²) in [7, 11) is 0. The van der Waals surface area contributed by atoms with Crippen LogP contribution in [0.5, 0.6) is 0 Å². The number of nitrogens with zero attached hydrogens (tertiary/aromatic N) is 1. The molecule has 2 atom stereocenters. The lowest BCUT2D eigenvalue weighted by atomic mass is 10.1. The van der Waals surface area contributed by atoms with Gasteiger partial charge in [-0.3, -0.25) is 19.4 Å². The molecule has 0 saturated carbocycles. The van der Waals surface area contributed by atoms with Gasteiger partial charge in [0.15, 0.2) is 0 Å². The summed E-state index contributed by atoms with van der Waals surface area (Å²) in [6, 6.07) is 5.26. The Balaban J connectivity index is 2.19. The first-order chi connectivity index (χ1) is 11.4. The molecular formula is C16H17Cl2N3O2S. The second-order valence-corrected chi connectivity index (χ2v) is 7.67. The monoisotopic (exact) mass is 385 g/mol. The number of nitrogens with one attached hydrogen (secondary N) is 2. The molecule has 0 spiro atoms. The molecule has 0 fully saturated rings. The number of aromatic nitrogens is 2. The molecule has 0 aliphatic carbocycles. The van der Waals surface area contributed by atoms with E-state index in [0.29, 0.717) is 21.4 Å². The van der Waals surface area contributed by atoms with Crippen molar-refractivity contribution >= 4 is 46.7 Å². The van der Waals surface area contributed by atoms with Gasteiger partial charge in [0.05, 0.1) is 16.6 Å².